The van der Waals surface area contributed by atoms with Crippen molar-refractivity contribution in [3.8, 4) is 16.9 Å². The summed E-state index contributed by atoms with van der Waals surface area (Å²) in [5.41, 5.74) is 5.88. The van der Waals surface area contributed by atoms with Crippen LogP contribution in [0.1, 0.15) is 27.0 Å². The van der Waals surface area contributed by atoms with Crippen molar-refractivity contribution in [1.29, 1.82) is 0 Å². The molecule has 0 bridgehead atoms. The van der Waals surface area contributed by atoms with Crippen LogP contribution in [0.25, 0.3) is 27.8 Å². The second-order valence-corrected chi connectivity index (χ2v) is 8.33. The van der Waals surface area contributed by atoms with Crippen molar-refractivity contribution >= 4 is 16.9 Å². The Morgan fingerprint density at radius 2 is 1.91 bits per heavy atom. The summed E-state index contributed by atoms with van der Waals surface area (Å²) in [6.45, 7) is 4.62. The van der Waals surface area contributed by atoms with Crippen LogP contribution in [0, 0.1) is 13.8 Å². The zero-order valence-corrected chi connectivity index (χ0v) is 18.8. The number of H-pyrrole nitrogens is 1. The Morgan fingerprint density at radius 3 is 2.70 bits per heavy atom. The van der Waals surface area contributed by atoms with Gasteiger partial charge in [-0.3, -0.25) is 4.79 Å². The number of esters is 1. The summed E-state index contributed by atoms with van der Waals surface area (Å²) in [4.78, 5) is 29.1. The van der Waals surface area contributed by atoms with Crippen molar-refractivity contribution in [2.45, 2.75) is 26.8 Å². The fourth-order valence-electron chi connectivity index (χ4n) is 4.23. The first kappa shape index (κ1) is 20.8. The van der Waals surface area contributed by atoms with Gasteiger partial charge in [0, 0.05) is 36.0 Å². The van der Waals surface area contributed by atoms with Crippen molar-refractivity contribution in [3.63, 3.8) is 0 Å². The molecule has 0 spiro atoms. The number of carbonyl (C=O) groups is 1. The third-order valence-corrected chi connectivity index (χ3v) is 5.94. The minimum absolute atomic E-state index is 0.266. The normalized spacial score (nSPS) is 11.4. The maximum atomic E-state index is 13.2. The fourth-order valence-corrected chi connectivity index (χ4v) is 4.23. The molecule has 3 aromatic rings. The Balaban J connectivity index is 1.57. The molecule has 33 heavy (non-hydrogen) atoms. The summed E-state index contributed by atoms with van der Waals surface area (Å²) >= 11 is 0. The third-order valence-electron chi connectivity index (χ3n) is 5.94. The highest BCUT2D eigenvalue weighted by Crippen LogP contribution is 2.25. The molecule has 0 radical (unpaired) electrons. The van der Waals surface area contributed by atoms with Crippen LogP contribution in [-0.2, 0) is 17.7 Å². The molecule has 7 nitrogen and oxygen atoms in total. The molecule has 5 rings (SSSR count). The number of fused-ring (bicyclic) bond motifs is 2. The molecule has 2 aromatic carbocycles. The molecule has 2 aliphatic heterocycles. The van der Waals surface area contributed by atoms with Crippen molar-refractivity contribution in [2.24, 2.45) is 0 Å². The van der Waals surface area contributed by atoms with Gasteiger partial charge in [-0.15, -0.1) is 0 Å². The summed E-state index contributed by atoms with van der Waals surface area (Å²) < 4.78 is 8.20. The standard InChI is InChI=1S/C26H24N4O3/c1-16-5-4-6-19(11-16)30-25(31)21-14-29(15-22(24(21)28-30)26(32)33-3)10-9-18-13-27-23-8-7-17(2)12-20(18)23/h4-8,11-15,27H,9-10H2,1-3H3. The van der Waals surface area contributed by atoms with Crippen LogP contribution in [0.3, 0.4) is 0 Å². The first-order valence-electron chi connectivity index (χ1n) is 10.8. The Kier molecular flexibility index (Phi) is 5.09. The highest BCUT2D eigenvalue weighted by molar-refractivity contribution is 5.96. The molecule has 2 aliphatic rings. The van der Waals surface area contributed by atoms with Gasteiger partial charge in [0.1, 0.15) is 11.3 Å². The van der Waals surface area contributed by atoms with E-state index in [-0.39, 0.29) is 11.1 Å². The van der Waals surface area contributed by atoms with Crippen LogP contribution in [-0.4, -0.2) is 32.4 Å². The maximum Gasteiger partial charge on any atom is 0.341 e. The second-order valence-electron chi connectivity index (χ2n) is 8.33. The van der Waals surface area contributed by atoms with Gasteiger partial charge in [0.05, 0.1) is 18.4 Å². The van der Waals surface area contributed by atoms with Crippen LogP contribution in [0.2, 0.25) is 0 Å². The number of rotatable bonds is 5. The molecule has 3 heterocycles. The fraction of sp³-hybridized carbons (Fsp3) is 0.192. The number of aromatic amines is 1. The van der Waals surface area contributed by atoms with E-state index in [1.54, 1.807) is 12.4 Å². The third kappa shape index (κ3) is 3.71. The highest BCUT2D eigenvalue weighted by atomic mass is 16.5. The van der Waals surface area contributed by atoms with Gasteiger partial charge in [-0.2, -0.15) is 9.78 Å². The molecule has 0 aliphatic carbocycles. The number of hydrogen-bond acceptors (Lipinski definition) is 4. The largest absolute Gasteiger partial charge is 0.465 e. The van der Waals surface area contributed by atoms with Gasteiger partial charge in [0.2, 0.25) is 0 Å². The van der Waals surface area contributed by atoms with Crippen LogP contribution in [0.4, 0.5) is 0 Å². The number of carbonyl (C=O) groups excluding carboxylic acids is 1. The molecule has 0 fully saturated rings. The zero-order valence-electron chi connectivity index (χ0n) is 18.8. The second kappa shape index (κ2) is 8.09. The summed E-state index contributed by atoms with van der Waals surface area (Å²) in [5, 5.41) is 5.66. The Bertz CT molecular complexity index is 1520. The predicted octanol–water partition coefficient (Wildman–Crippen LogP) is 4.27. The lowest BCUT2D eigenvalue weighted by Crippen LogP contribution is -2.16. The average molecular weight is 441 g/mol. The van der Waals surface area contributed by atoms with Gasteiger partial charge < -0.3 is 14.3 Å². The van der Waals surface area contributed by atoms with E-state index in [9.17, 15) is 9.59 Å². The number of ether oxygens (including phenoxy) is 1. The van der Waals surface area contributed by atoms with Crippen molar-refractivity contribution in [2.75, 3.05) is 7.11 Å². The monoisotopic (exact) mass is 440 g/mol. The number of methoxy groups -OCH3 is 1. The molecule has 1 N–H and O–H groups in total. The molecule has 0 saturated carbocycles. The SMILES string of the molecule is COC(=O)c1cn(CCc2c[nH]c3ccc(C)cc23)cc2c(=O)n(-c3cccc(C)c3)nc1-2. The van der Waals surface area contributed by atoms with Gasteiger partial charge in [-0.05, 0) is 55.7 Å². The molecule has 0 unspecified atom stereocenters. The lowest BCUT2D eigenvalue weighted by Gasteiger charge is -2.11. The molecule has 1 aromatic heterocycles. The van der Waals surface area contributed by atoms with E-state index in [4.69, 9.17) is 4.74 Å². The molecule has 7 heteroatoms. The maximum absolute atomic E-state index is 13.2. The van der Waals surface area contributed by atoms with Crippen molar-refractivity contribution in [1.82, 2.24) is 19.3 Å². The van der Waals surface area contributed by atoms with Crippen LogP contribution in [0.15, 0.2) is 65.8 Å². The molecule has 0 atom stereocenters. The summed E-state index contributed by atoms with van der Waals surface area (Å²) in [5.74, 6) is -0.522. The van der Waals surface area contributed by atoms with E-state index < -0.39 is 5.97 Å². The van der Waals surface area contributed by atoms with Crippen LogP contribution >= 0.6 is 0 Å². The van der Waals surface area contributed by atoms with E-state index in [1.165, 1.54) is 28.3 Å². The molecular weight excluding hydrogens is 416 g/mol. The average Bonchev–Trinajstić information content (AvgIpc) is 3.37. The number of aromatic nitrogens is 4. The van der Waals surface area contributed by atoms with E-state index in [0.717, 1.165) is 17.5 Å². The van der Waals surface area contributed by atoms with Gasteiger partial charge in [-0.25, -0.2) is 4.79 Å². The van der Waals surface area contributed by atoms with E-state index >= 15 is 0 Å². The van der Waals surface area contributed by atoms with Crippen LogP contribution in [0.5, 0.6) is 0 Å². The Hall–Kier alpha value is -4.13. The van der Waals surface area contributed by atoms with Crippen molar-refractivity contribution in [3.05, 3.63) is 93.7 Å². The van der Waals surface area contributed by atoms with Crippen LogP contribution < -0.4 is 5.56 Å². The van der Waals surface area contributed by atoms with Gasteiger partial charge in [0.15, 0.2) is 0 Å². The van der Waals surface area contributed by atoms with Crippen molar-refractivity contribution < 1.29 is 9.53 Å². The summed E-state index contributed by atoms with van der Waals surface area (Å²) in [6.07, 6.45) is 6.23. The zero-order chi connectivity index (χ0) is 23.1. The summed E-state index contributed by atoms with van der Waals surface area (Å²) in [7, 11) is 1.33. The number of benzene rings is 2. The number of pyridine rings is 1. The smallest absolute Gasteiger partial charge is 0.341 e. The van der Waals surface area contributed by atoms with Gasteiger partial charge in [0.25, 0.3) is 5.56 Å². The Morgan fingerprint density at radius 1 is 1.09 bits per heavy atom. The highest BCUT2D eigenvalue weighted by Gasteiger charge is 2.25. The van der Waals surface area contributed by atoms with E-state index in [1.807, 2.05) is 42.0 Å². The molecule has 0 amide bonds. The van der Waals surface area contributed by atoms with E-state index in [2.05, 4.69) is 35.2 Å². The van der Waals surface area contributed by atoms with E-state index in [0.29, 0.717) is 23.5 Å². The summed E-state index contributed by atoms with van der Waals surface area (Å²) in [6, 6.07) is 13.9. The van der Waals surface area contributed by atoms with Gasteiger partial charge in [-0.1, -0.05) is 23.8 Å². The quantitative estimate of drug-likeness (QED) is 0.414. The number of hydrogen-bond donors (Lipinski definition) is 1. The lowest BCUT2D eigenvalue weighted by atomic mass is 10.1. The minimum atomic E-state index is -0.522. The number of aryl methyl sites for hydroxylation is 4. The lowest BCUT2D eigenvalue weighted by molar-refractivity contribution is 0.0600. The minimum Gasteiger partial charge on any atom is -0.465 e. The number of nitrogens with zero attached hydrogens (tertiary/aromatic N) is 3. The number of nitrogens with one attached hydrogen (secondary N) is 1. The predicted molar refractivity (Wildman–Crippen MR) is 127 cm³/mol. The Labute approximate surface area is 190 Å². The molecular formula is C26H24N4O3. The topological polar surface area (TPSA) is 81.9 Å². The molecule has 0 saturated heterocycles. The molecule has 166 valence electrons. The first-order chi connectivity index (χ1) is 15.9. The first-order valence-corrected chi connectivity index (χ1v) is 10.8. The van der Waals surface area contributed by atoms with Gasteiger partial charge >= 0.3 is 5.97 Å².